The second-order valence-electron chi connectivity index (χ2n) is 9.84. The van der Waals surface area contributed by atoms with E-state index in [0.717, 1.165) is 25.1 Å². The molecule has 0 radical (unpaired) electrons. The number of aliphatic imine (C=N–C) groups is 1. The van der Waals surface area contributed by atoms with Gasteiger partial charge in [0.1, 0.15) is 18.1 Å². The molecule has 5 rings (SSSR count). The number of aromatic nitrogens is 5. The van der Waals surface area contributed by atoms with Crippen LogP contribution in [0.15, 0.2) is 47.7 Å². The minimum atomic E-state index is -4.69. The van der Waals surface area contributed by atoms with Gasteiger partial charge in [-0.3, -0.25) is 4.99 Å². The smallest absolute Gasteiger partial charge is 0.434 e. The number of ether oxygens (including phenoxy) is 3. The maximum absolute atomic E-state index is 15.2. The normalized spacial score (nSPS) is 16.0. The van der Waals surface area contributed by atoms with Crippen molar-refractivity contribution in [1.82, 2.24) is 24.5 Å². The van der Waals surface area contributed by atoms with Crippen molar-refractivity contribution in [3.63, 3.8) is 0 Å². The molecule has 0 N–H and O–H groups in total. The SMILES string of the molecule is C=C(OC(F)F)/C(=C(\N=CC)C1CC1)c1ncc(OC)c(OCc2cnc(-c3nc(C(F)(F)F)cn3C3CC3)c(F)c2)n1. The lowest BCUT2D eigenvalue weighted by Crippen LogP contribution is -2.09. The van der Waals surface area contributed by atoms with Crippen LogP contribution in [0.2, 0.25) is 0 Å². The standard InChI is InChI=1S/C28H26F6N6O3/c1-4-35-22(16-5-6-16)21(14(2)43-27(30)31)24-37-11-19(41-3)26(39-24)42-13-15-9-18(29)23(36-10-15)25-38-20(28(32,33)34)12-40(25)17-7-8-17/h4,9-12,16-17,27H,2,5-8,13H2,1,3H3/b22-21+,35-4?. The van der Waals surface area contributed by atoms with Gasteiger partial charge < -0.3 is 18.8 Å². The molecule has 3 aromatic heterocycles. The Bertz CT molecular complexity index is 1580. The fourth-order valence-corrected chi connectivity index (χ4v) is 4.35. The van der Waals surface area contributed by atoms with Crippen LogP contribution in [0.1, 0.15) is 55.7 Å². The van der Waals surface area contributed by atoms with Gasteiger partial charge in [-0.05, 0) is 38.7 Å². The Morgan fingerprint density at radius 1 is 1.16 bits per heavy atom. The van der Waals surface area contributed by atoms with Gasteiger partial charge in [0.05, 0.1) is 24.6 Å². The molecule has 0 saturated heterocycles. The van der Waals surface area contributed by atoms with Crippen molar-refractivity contribution in [3.05, 3.63) is 65.6 Å². The van der Waals surface area contributed by atoms with Gasteiger partial charge >= 0.3 is 12.8 Å². The zero-order chi connectivity index (χ0) is 30.9. The first-order valence-corrected chi connectivity index (χ1v) is 13.2. The molecule has 2 aliphatic carbocycles. The van der Waals surface area contributed by atoms with E-state index in [-0.39, 0.29) is 64.4 Å². The monoisotopic (exact) mass is 608 g/mol. The van der Waals surface area contributed by atoms with E-state index >= 15 is 4.39 Å². The maximum Gasteiger partial charge on any atom is 0.434 e. The summed E-state index contributed by atoms with van der Waals surface area (Å²) >= 11 is 0. The first kappa shape index (κ1) is 30.0. The number of imidazole rings is 1. The molecule has 3 heterocycles. The fraction of sp³-hybridized carbons (Fsp3) is 0.393. The highest BCUT2D eigenvalue weighted by Gasteiger charge is 2.38. The Labute approximate surface area is 242 Å². The summed E-state index contributed by atoms with van der Waals surface area (Å²) in [5, 5.41) is 0. The van der Waals surface area contributed by atoms with Crippen molar-refractivity contribution in [3.8, 4) is 23.1 Å². The van der Waals surface area contributed by atoms with Crippen LogP contribution in [0.25, 0.3) is 17.1 Å². The molecule has 2 aliphatic rings. The van der Waals surface area contributed by atoms with Gasteiger partial charge in [0, 0.05) is 36.1 Å². The molecule has 0 bridgehead atoms. The molecule has 9 nitrogen and oxygen atoms in total. The van der Waals surface area contributed by atoms with Crippen LogP contribution < -0.4 is 9.47 Å². The summed E-state index contributed by atoms with van der Waals surface area (Å²) in [6, 6.07) is 0.868. The second-order valence-corrected chi connectivity index (χ2v) is 9.84. The zero-order valence-corrected chi connectivity index (χ0v) is 23.0. The summed E-state index contributed by atoms with van der Waals surface area (Å²) in [6.45, 7) is 1.87. The summed E-state index contributed by atoms with van der Waals surface area (Å²) in [5.74, 6) is -1.57. The Morgan fingerprint density at radius 2 is 1.91 bits per heavy atom. The molecular formula is C28H26F6N6O3. The number of allylic oxidation sites excluding steroid dienone is 2. The number of rotatable bonds is 12. The Kier molecular flexibility index (Phi) is 8.42. The first-order valence-electron chi connectivity index (χ1n) is 13.2. The van der Waals surface area contributed by atoms with Crippen molar-refractivity contribution >= 4 is 11.8 Å². The van der Waals surface area contributed by atoms with Crippen LogP contribution in [0.4, 0.5) is 26.3 Å². The lowest BCUT2D eigenvalue weighted by molar-refractivity contribution is -0.140. The van der Waals surface area contributed by atoms with E-state index < -0.39 is 24.3 Å². The van der Waals surface area contributed by atoms with Crippen LogP contribution in [0.3, 0.4) is 0 Å². The number of hydrogen-bond donors (Lipinski definition) is 0. The summed E-state index contributed by atoms with van der Waals surface area (Å²) in [6.07, 6.45) is 3.08. The summed E-state index contributed by atoms with van der Waals surface area (Å²) in [4.78, 5) is 20.6. The van der Waals surface area contributed by atoms with Gasteiger partial charge in [0.2, 0.25) is 0 Å². The number of alkyl halides is 5. The maximum atomic E-state index is 15.2. The lowest BCUT2D eigenvalue weighted by Gasteiger charge is -2.16. The predicted molar refractivity (Wildman–Crippen MR) is 142 cm³/mol. The van der Waals surface area contributed by atoms with Crippen LogP contribution in [0.5, 0.6) is 11.6 Å². The minimum Gasteiger partial charge on any atom is -0.490 e. The molecule has 228 valence electrons. The number of hydrogen-bond acceptors (Lipinski definition) is 8. The number of nitrogens with zero attached hydrogens (tertiary/aromatic N) is 6. The number of halogens is 6. The van der Waals surface area contributed by atoms with Crippen molar-refractivity contribution in [1.29, 1.82) is 0 Å². The summed E-state index contributed by atoms with van der Waals surface area (Å²) in [7, 11) is 1.34. The highest BCUT2D eigenvalue weighted by molar-refractivity contribution is 5.78. The zero-order valence-electron chi connectivity index (χ0n) is 23.0. The highest BCUT2D eigenvalue weighted by atomic mass is 19.4. The predicted octanol–water partition coefficient (Wildman–Crippen LogP) is 6.78. The topological polar surface area (TPSA) is 96.5 Å². The Morgan fingerprint density at radius 3 is 2.49 bits per heavy atom. The van der Waals surface area contributed by atoms with Crippen molar-refractivity contribution < 1.29 is 40.6 Å². The number of methoxy groups -OCH3 is 1. The largest absolute Gasteiger partial charge is 0.490 e. The van der Waals surface area contributed by atoms with Crippen LogP contribution in [-0.4, -0.2) is 44.4 Å². The molecule has 0 amide bonds. The van der Waals surface area contributed by atoms with Crippen molar-refractivity contribution in [2.24, 2.45) is 10.9 Å². The molecule has 43 heavy (non-hydrogen) atoms. The van der Waals surface area contributed by atoms with E-state index in [0.29, 0.717) is 18.5 Å². The van der Waals surface area contributed by atoms with Gasteiger partial charge in [-0.25, -0.2) is 19.3 Å². The second kappa shape index (κ2) is 12.1. The molecule has 15 heteroatoms. The van der Waals surface area contributed by atoms with Crippen LogP contribution in [0, 0.1) is 11.7 Å². The first-order chi connectivity index (χ1) is 20.5. The van der Waals surface area contributed by atoms with Crippen molar-refractivity contribution in [2.75, 3.05) is 7.11 Å². The third kappa shape index (κ3) is 6.81. The van der Waals surface area contributed by atoms with Gasteiger partial charge in [-0.1, -0.05) is 6.58 Å². The molecule has 2 saturated carbocycles. The molecule has 0 spiro atoms. The number of pyridine rings is 1. The van der Waals surface area contributed by atoms with E-state index in [1.54, 1.807) is 6.92 Å². The Balaban J connectivity index is 1.43. The van der Waals surface area contributed by atoms with Crippen LogP contribution >= 0.6 is 0 Å². The molecule has 0 atom stereocenters. The average molecular weight is 609 g/mol. The quantitative estimate of drug-likeness (QED) is 0.0968. The van der Waals surface area contributed by atoms with Gasteiger partial charge in [-0.2, -0.15) is 26.9 Å². The van der Waals surface area contributed by atoms with Gasteiger partial charge in [0.25, 0.3) is 5.88 Å². The van der Waals surface area contributed by atoms with Crippen molar-refractivity contribution in [2.45, 2.75) is 58.0 Å². The average Bonchev–Trinajstić information content (AvgIpc) is 3.89. The fourth-order valence-electron chi connectivity index (χ4n) is 4.35. The van der Waals surface area contributed by atoms with Gasteiger partial charge in [0.15, 0.2) is 28.9 Å². The summed E-state index contributed by atoms with van der Waals surface area (Å²) < 4.78 is 98.2. The van der Waals surface area contributed by atoms with E-state index in [2.05, 4.69) is 36.2 Å². The van der Waals surface area contributed by atoms with E-state index in [1.165, 1.54) is 30.3 Å². The van der Waals surface area contributed by atoms with Crippen LogP contribution in [-0.2, 0) is 17.5 Å². The molecule has 2 fully saturated rings. The molecule has 3 aromatic rings. The van der Waals surface area contributed by atoms with E-state index in [1.807, 2.05) is 0 Å². The summed E-state index contributed by atoms with van der Waals surface area (Å²) in [5.41, 5.74) is -0.720. The minimum absolute atomic E-state index is 0.0189. The third-order valence-corrected chi connectivity index (χ3v) is 6.61. The van der Waals surface area contributed by atoms with E-state index in [4.69, 9.17) is 9.47 Å². The van der Waals surface area contributed by atoms with Gasteiger partial charge in [-0.15, -0.1) is 0 Å². The molecule has 0 aromatic carbocycles. The molecule has 0 aliphatic heterocycles. The highest BCUT2D eigenvalue weighted by Crippen LogP contribution is 2.43. The van der Waals surface area contributed by atoms with E-state index in [9.17, 15) is 22.0 Å². The lowest BCUT2D eigenvalue weighted by atomic mass is 10.1. The molecular weight excluding hydrogens is 582 g/mol. The third-order valence-electron chi connectivity index (χ3n) is 6.61. The molecule has 0 unspecified atom stereocenters. The Hall–Kier alpha value is -4.43.